The Morgan fingerprint density at radius 1 is 1.13 bits per heavy atom. The zero-order valence-corrected chi connectivity index (χ0v) is 23.4. The molecule has 2 fully saturated rings. The summed E-state index contributed by atoms with van der Waals surface area (Å²) in [5.74, 6) is -0.456. The van der Waals surface area contributed by atoms with Crippen molar-refractivity contribution in [3.8, 4) is 0 Å². The van der Waals surface area contributed by atoms with E-state index in [0.29, 0.717) is 48.1 Å². The molecule has 0 radical (unpaired) electrons. The summed E-state index contributed by atoms with van der Waals surface area (Å²) in [6.07, 6.45) is -1.78. The average molecular weight is 604 g/mol. The van der Waals surface area contributed by atoms with Crippen LogP contribution >= 0.6 is 27.8 Å². The Morgan fingerprint density at radius 2 is 1.79 bits per heavy atom. The highest BCUT2D eigenvalue weighted by molar-refractivity contribution is 8.13. The molecule has 2 saturated heterocycles. The van der Waals surface area contributed by atoms with Crippen molar-refractivity contribution in [2.75, 3.05) is 49.2 Å². The quantitative estimate of drug-likeness (QED) is 0.246. The molecule has 2 aromatic carbocycles. The van der Waals surface area contributed by atoms with Gasteiger partial charge in [0.15, 0.2) is 0 Å². The fraction of sp³-hybridized carbons (Fsp3) is 0.391. The Labute approximate surface area is 228 Å². The third-order valence-electron chi connectivity index (χ3n) is 6.24. The van der Waals surface area contributed by atoms with E-state index >= 15 is 0 Å². The number of nitrogens with one attached hydrogen (secondary N) is 1. The van der Waals surface area contributed by atoms with Crippen LogP contribution in [0.1, 0.15) is 5.56 Å². The third kappa shape index (κ3) is 7.20. The van der Waals surface area contributed by atoms with Gasteiger partial charge in [0, 0.05) is 24.4 Å². The van der Waals surface area contributed by atoms with Gasteiger partial charge in [-0.3, -0.25) is 18.8 Å². The van der Waals surface area contributed by atoms with Crippen molar-refractivity contribution in [2.24, 2.45) is 0 Å². The molecule has 4 rings (SSSR count). The van der Waals surface area contributed by atoms with Gasteiger partial charge in [-0.1, -0.05) is 12.1 Å². The van der Waals surface area contributed by atoms with E-state index in [-0.39, 0.29) is 13.1 Å². The van der Waals surface area contributed by atoms with Gasteiger partial charge in [0.1, 0.15) is 11.9 Å². The largest absolute Gasteiger partial charge is 0.442 e. The Balaban J connectivity index is 1.28. The minimum absolute atomic E-state index is 0.0309. The lowest BCUT2D eigenvalue weighted by Gasteiger charge is -2.29. The fourth-order valence-corrected chi connectivity index (χ4v) is 6.20. The second-order valence-electron chi connectivity index (χ2n) is 8.91. The number of rotatable bonds is 9. The lowest BCUT2D eigenvalue weighted by atomic mass is 10.2. The highest BCUT2D eigenvalue weighted by Crippen LogP contribution is 2.51. The molecular weight excluding hydrogens is 575 g/mol. The van der Waals surface area contributed by atoms with Gasteiger partial charge in [0.05, 0.1) is 37.7 Å². The highest BCUT2D eigenvalue weighted by Gasteiger charge is 2.39. The first-order valence-electron chi connectivity index (χ1n) is 11.9. The van der Waals surface area contributed by atoms with Gasteiger partial charge in [-0.25, -0.2) is 9.18 Å². The van der Waals surface area contributed by atoms with E-state index in [4.69, 9.17) is 9.47 Å². The number of anilines is 2. The summed E-state index contributed by atoms with van der Waals surface area (Å²) in [5.41, 5.74) is 1.13. The third-order valence-corrected chi connectivity index (χ3v) is 10.1. The first kappa shape index (κ1) is 29.5. The SMILES string of the molecule is O=C(NC[C@H]1CN(c2ccc(N3CCOCC3)c(F)c2)C(=O)O1)Sc1ccc(CC(O)([PH](=O)O)[PH](=O)O)cc1. The van der Waals surface area contributed by atoms with Crippen molar-refractivity contribution < 1.29 is 47.5 Å². The van der Waals surface area contributed by atoms with Crippen LogP contribution in [0.25, 0.3) is 0 Å². The molecule has 0 spiro atoms. The van der Waals surface area contributed by atoms with Crippen molar-refractivity contribution in [3.63, 3.8) is 0 Å². The van der Waals surface area contributed by atoms with Crippen LogP contribution in [0.15, 0.2) is 47.4 Å². The van der Waals surface area contributed by atoms with E-state index in [9.17, 15) is 38.0 Å². The molecule has 16 heteroatoms. The van der Waals surface area contributed by atoms with Crippen LogP contribution in [-0.4, -0.2) is 76.8 Å². The summed E-state index contributed by atoms with van der Waals surface area (Å²) in [6, 6.07) is 10.5. The van der Waals surface area contributed by atoms with Crippen LogP contribution in [0.2, 0.25) is 0 Å². The molecule has 212 valence electrons. The second kappa shape index (κ2) is 12.8. The number of carbonyl (C=O) groups is 2. The van der Waals surface area contributed by atoms with Crippen LogP contribution < -0.4 is 15.1 Å². The molecule has 2 heterocycles. The highest BCUT2D eigenvalue weighted by atomic mass is 32.2. The van der Waals surface area contributed by atoms with Crippen molar-refractivity contribution in [3.05, 3.63) is 53.8 Å². The molecule has 0 aromatic heterocycles. The summed E-state index contributed by atoms with van der Waals surface area (Å²) in [4.78, 5) is 46.9. The number of nitrogens with zero attached hydrogens (tertiary/aromatic N) is 2. The Kier molecular flexibility index (Phi) is 9.71. The van der Waals surface area contributed by atoms with E-state index in [2.05, 4.69) is 5.32 Å². The molecule has 2 aliphatic heterocycles. The average Bonchev–Trinajstić information content (AvgIpc) is 3.29. The van der Waals surface area contributed by atoms with E-state index in [1.807, 2.05) is 4.90 Å². The molecule has 2 amide bonds. The second-order valence-corrected chi connectivity index (χ2v) is 13.3. The zero-order chi connectivity index (χ0) is 28.2. The predicted molar refractivity (Wildman–Crippen MR) is 144 cm³/mol. The minimum atomic E-state index is -3.69. The van der Waals surface area contributed by atoms with Crippen molar-refractivity contribution in [1.29, 1.82) is 0 Å². The number of amides is 2. The Bertz CT molecular complexity index is 1250. The van der Waals surface area contributed by atoms with E-state index < -0.39 is 50.8 Å². The van der Waals surface area contributed by atoms with Crippen LogP contribution in [0.4, 0.5) is 25.4 Å². The van der Waals surface area contributed by atoms with Gasteiger partial charge < -0.3 is 34.6 Å². The number of morpholine rings is 1. The maximum Gasteiger partial charge on any atom is 0.414 e. The standard InChI is InChI=1S/C23H28FN3O9P2S/c24-19-11-16(3-6-20(19)26-7-9-35-10-8-26)27-14-17(36-22(27)29)13-25-21(28)39-18-4-1-15(2-5-18)12-23(30,37(31)32)38(33)34/h1-6,11,17,30,37-38H,7-10,12-14H2,(H,25,28)(H,31,32)(H,33,34)/t17-/m0/s1. The molecule has 2 unspecified atom stereocenters. The van der Waals surface area contributed by atoms with E-state index in [1.165, 1.54) is 35.2 Å². The predicted octanol–water partition coefficient (Wildman–Crippen LogP) is 2.61. The molecule has 2 aliphatic rings. The number of aliphatic hydroxyl groups is 1. The van der Waals surface area contributed by atoms with Gasteiger partial charge in [-0.05, 0) is 47.7 Å². The summed E-state index contributed by atoms with van der Waals surface area (Å²) >= 11 is 0.842. The van der Waals surface area contributed by atoms with Gasteiger partial charge >= 0.3 is 6.09 Å². The summed E-state index contributed by atoms with van der Waals surface area (Å²) in [5, 5.41) is 9.66. The van der Waals surface area contributed by atoms with Gasteiger partial charge in [0.25, 0.3) is 5.24 Å². The summed E-state index contributed by atoms with van der Waals surface area (Å²) < 4.78 is 48.1. The molecule has 2 aromatic rings. The van der Waals surface area contributed by atoms with Crippen LogP contribution in [-0.2, 0) is 25.0 Å². The monoisotopic (exact) mass is 603 g/mol. The van der Waals surface area contributed by atoms with Gasteiger partial charge in [0.2, 0.25) is 21.1 Å². The molecular formula is C23H28FN3O9P2S. The zero-order valence-electron chi connectivity index (χ0n) is 20.5. The maximum atomic E-state index is 14.8. The number of hydrogen-bond donors (Lipinski definition) is 4. The van der Waals surface area contributed by atoms with Crippen LogP contribution in [0, 0.1) is 5.82 Å². The first-order valence-corrected chi connectivity index (χ1v) is 15.4. The van der Waals surface area contributed by atoms with Crippen molar-refractivity contribution >= 4 is 50.5 Å². The molecule has 0 bridgehead atoms. The topological polar surface area (TPSA) is 166 Å². The number of carbonyl (C=O) groups excluding carboxylic acids is 2. The van der Waals surface area contributed by atoms with Crippen LogP contribution in [0.5, 0.6) is 0 Å². The molecule has 4 N–H and O–H groups in total. The molecule has 39 heavy (non-hydrogen) atoms. The first-order chi connectivity index (χ1) is 18.6. The lowest BCUT2D eigenvalue weighted by molar-refractivity contribution is 0.122. The summed E-state index contributed by atoms with van der Waals surface area (Å²) in [7, 11) is -7.38. The van der Waals surface area contributed by atoms with Crippen molar-refractivity contribution in [2.45, 2.75) is 22.5 Å². The fourth-order valence-electron chi connectivity index (χ4n) is 4.12. The molecule has 12 nitrogen and oxygen atoms in total. The Hall–Kier alpha value is -2.44. The van der Waals surface area contributed by atoms with E-state index in [1.54, 1.807) is 12.1 Å². The number of benzene rings is 2. The lowest BCUT2D eigenvalue weighted by Crippen LogP contribution is -2.36. The Morgan fingerprint density at radius 3 is 2.41 bits per heavy atom. The number of ether oxygens (including phenoxy) is 2. The molecule has 0 saturated carbocycles. The number of thioether (sulfide) groups is 1. The molecule has 3 atom stereocenters. The van der Waals surface area contributed by atoms with E-state index in [0.717, 1.165) is 11.8 Å². The number of halogens is 1. The maximum absolute atomic E-state index is 14.8. The van der Waals surface area contributed by atoms with Crippen LogP contribution in [0.3, 0.4) is 0 Å². The minimum Gasteiger partial charge on any atom is -0.442 e. The number of hydrogen-bond acceptors (Lipinski definition) is 9. The van der Waals surface area contributed by atoms with Gasteiger partial charge in [-0.2, -0.15) is 0 Å². The summed E-state index contributed by atoms with van der Waals surface area (Å²) in [6.45, 7) is 2.35. The smallest absolute Gasteiger partial charge is 0.414 e. The molecule has 0 aliphatic carbocycles. The normalized spacial score (nSPS) is 20.7. The number of cyclic esters (lactones) is 1. The van der Waals surface area contributed by atoms with Gasteiger partial charge in [-0.15, -0.1) is 0 Å². The van der Waals surface area contributed by atoms with Crippen molar-refractivity contribution in [1.82, 2.24) is 5.32 Å².